The second-order valence-corrected chi connectivity index (χ2v) is 15.1. The molecule has 0 N–H and O–H groups in total. The highest BCUT2D eigenvalue weighted by atomic mass is 16.3. The number of furan rings is 2. The van der Waals surface area contributed by atoms with Crippen LogP contribution in [0.1, 0.15) is 11.1 Å². The molecular formula is C56H32N2O2. The molecule has 0 saturated carbocycles. The molecule has 4 heteroatoms. The largest absolute Gasteiger partial charge is 0.455 e. The lowest BCUT2D eigenvalue weighted by molar-refractivity contribution is 0.669. The number of para-hydroxylation sites is 4. The molecule has 0 amide bonds. The Kier molecular flexibility index (Phi) is 8.22. The molecular weight excluding hydrogens is 733 g/mol. The Morgan fingerprint density at radius 3 is 1.18 bits per heavy atom. The van der Waals surface area contributed by atoms with Crippen molar-refractivity contribution >= 4 is 43.9 Å². The maximum absolute atomic E-state index is 10.6. The molecule has 0 fully saturated rings. The van der Waals surface area contributed by atoms with E-state index in [1.807, 2.05) is 78.9 Å². The highest BCUT2D eigenvalue weighted by Crippen LogP contribution is 2.42. The Morgan fingerprint density at radius 2 is 0.667 bits per heavy atom. The van der Waals surface area contributed by atoms with Gasteiger partial charge in [0.2, 0.25) is 0 Å². The molecule has 0 bridgehead atoms. The van der Waals surface area contributed by atoms with Gasteiger partial charge in [0, 0.05) is 43.8 Å². The van der Waals surface area contributed by atoms with Crippen molar-refractivity contribution in [2.75, 3.05) is 0 Å². The van der Waals surface area contributed by atoms with Gasteiger partial charge in [-0.05, 0) is 99.1 Å². The van der Waals surface area contributed by atoms with E-state index in [-0.39, 0.29) is 0 Å². The van der Waals surface area contributed by atoms with Gasteiger partial charge in [-0.25, -0.2) is 0 Å². The van der Waals surface area contributed by atoms with Crippen molar-refractivity contribution in [1.82, 2.24) is 0 Å². The smallest absolute Gasteiger partial charge is 0.143 e. The van der Waals surface area contributed by atoms with Gasteiger partial charge in [-0.2, -0.15) is 10.5 Å². The molecule has 0 saturated heterocycles. The third-order valence-electron chi connectivity index (χ3n) is 11.5. The van der Waals surface area contributed by atoms with Crippen molar-refractivity contribution in [3.8, 4) is 78.9 Å². The summed E-state index contributed by atoms with van der Waals surface area (Å²) in [6, 6.07) is 70.7. The monoisotopic (exact) mass is 764 g/mol. The average molecular weight is 765 g/mol. The molecule has 60 heavy (non-hydrogen) atoms. The van der Waals surface area contributed by atoms with Gasteiger partial charge in [0.25, 0.3) is 0 Å². The van der Waals surface area contributed by atoms with Gasteiger partial charge in [-0.3, -0.25) is 0 Å². The summed E-state index contributed by atoms with van der Waals surface area (Å²) in [7, 11) is 0. The van der Waals surface area contributed by atoms with Gasteiger partial charge in [0.1, 0.15) is 22.3 Å². The molecule has 0 atom stereocenters. The van der Waals surface area contributed by atoms with Crippen molar-refractivity contribution in [2.24, 2.45) is 0 Å². The molecule has 0 spiro atoms. The first-order valence-corrected chi connectivity index (χ1v) is 19.8. The molecule has 4 nitrogen and oxygen atoms in total. The number of rotatable bonds is 6. The fraction of sp³-hybridized carbons (Fsp3) is 0. The molecule has 9 aromatic carbocycles. The highest BCUT2D eigenvalue weighted by molar-refractivity contribution is 6.11. The van der Waals surface area contributed by atoms with Crippen molar-refractivity contribution < 1.29 is 8.83 Å². The van der Waals surface area contributed by atoms with Gasteiger partial charge >= 0.3 is 0 Å². The quantitative estimate of drug-likeness (QED) is 0.169. The molecule has 0 aliphatic rings. The number of hydrogen-bond acceptors (Lipinski definition) is 4. The van der Waals surface area contributed by atoms with Crippen LogP contribution < -0.4 is 0 Å². The van der Waals surface area contributed by atoms with Crippen LogP contribution in [0, 0.1) is 22.7 Å². The van der Waals surface area contributed by atoms with E-state index < -0.39 is 0 Å². The fourth-order valence-corrected chi connectivity index (χ4v) is 8.68. The molecule has 11 aromatic rings. The molecule has 0 aliphatic heterocycles. The van der Waals surface area contributed by atoms with Gasteiger partial charge in [-0.15, -0.1) is 0 Å². The van der Waals surface area contributed by atoms with E-state index in [9.17, 15) is 10.5 Å². The van der Waals surface area contributed by atoms with E-state index in [1.165, 1.54) is 0 Å². The highest BCUT2D eigenvalue weighted by Gasteiger charge is 2.18. The molecule has 2 aromatic heterocycles. The summed E-state index contributed by atoms with van der Waals surface area (Å²) in [4.78, 5) is 0. The fourth-order valence-electron chi connectivity index (χ4n) is 8.68. The maximum Gasteiger partial charge on any atom is 0.143 e. The normalized spacial score (nSPS) is 11.3. The maximum atomic E-state index is 10.6. The molecule has 2 heterocycles. The first kappa shape index (κ1) is 34.8. The Bertz CT molecular complexity index is 3400. The Labute approximate surface area is 346 Å². The lowest BCUT2D eigenvalue weighted by Gasteiger charge is -2.15. The van der Waals surface area contributed by atoms with Crippen LogP contribution in [0.3, 0.4) is 0 Å². The second kappa shape index (κ2) is 14.2. The van der Waals surface area contributed by atoms with Gasteiger partial charge in [0.05, 0.1) is 23.3 Å². The molecule has 0 unspecified atom stereocenters. The van der Waals surface area contributed by atoms with Crippen LogP contribution in [-0.4, -0.2) is 0 Å². The summed E-state index contributed by atoms with van der Waals surface area (Å²) in [6.07, 6.45) is 0. The zero-order chi connectivity index (χ0) is 40.2. The SMILES string of the molecule is N#Cc1cc(-c2cc(-c3cccc(-c4cccc5c4oc4ccccc45)c3)cc(-c3cccc(-c4cccc5c4oc4ccccc45)c3)c2)c(C#N)cc1-c1ccccc1. The molecule has 11 rings (SSSR count). The topological polar surface area (TPSA) is 73.9 Å². The zero-order valence-electron chi connectivity index (χ0n) is 32.2. The van der Waals surface area contributed by atoms with Gasteiger partial charge in [-0.1, -0.05) is 140 Å². The van der Waals surface area contributed by atoms with Gasteiger partial charge < -0.3 is 8.83 Å². The van der Waals surface area contributed by atoms with E-state index in [1.54, 1.807) is 0 Å². The number of nitrogens with zero attached hydrogens (tertiary/aromatic N) is 2. The summed E-state index contributed by atoms with van der Waals surface area (Å²) in [5.41, 5.74) is 15.6. The minimum absolute atomic E-state index is 0.492. The predicted octanol–water partition coefficient (Wildman–Crippen LogP) is 15.2. The average Bonchev–Trinajstić information content (AvgIpc) is 3.90. The summed E-state index contributed by atoms with van der Waals surface area (Å²) >= 11 is 0. The minimum Gasteiger partial charge on any atom is -0.455 e. The van der Waals surface area contributed by atoms with E-state index in [0.29, 0.717) is 16.7 Å². The van der Waals surface area contributed by atoms with Crippen LogP contribution in [0.5, 0.6) is 0 Å². The number of hydrogen-bond donors (Lipinski definition) is 0. The van der Waals surface area contributed by atoms with Crippen LogP contribution in [-0.2, 0) is 0 Å². The van der Waals surface area contributed by atoms with Crippen molar-refractivity contribution in [3.63, 3.8) is 0 Å². The second-order valence-electron chi connectivity index (χ2n) is 15.1. The van der Waals surface area contributed by atoms with E-state index in [4.69, 9.17) is 8.83 Å². The van der Waals surface area contributed by atoms with Crippen molar-refractivity contribution in [1.29, 1.82) is 10.5 Å². The van der Waals surface area contributed by atoms with Crippen LogP contribution in [0.15, 0.2) is 203 Å². The molecule has 0 aliphatic carbocycles. The Morgan fingerprint density at radius 1 is 0.283 bits per heavy atom. The van der Waals surface area contributed by atoms with Crippen LogP contribution >= 0.6 is 0 Å². The summed E-state index contributed by atoms with van der Waals surface area (Å²) in [6.45, 7) is 0. The van der Waals surface area contributed by atoms with Gasteiger partial charge in [0.15, 0.2) is 0 Å². The first-order valence-electron chi connectivity index (χ1n) is 19.8. The number of fused-ring (bicyclic) bond motifs is 6. The van der Waals surface area contributed by atoms with Crippen LogP contribution in [0.2, 0.25) is 0 Å². The van der Waals surface area contributed by atoms with Crippen molar-refractivity contribution in [2.45, 2.75) is 0 Å². The van der Waals surface area contributed by atoms with E-state index in [2.05, 4.69) is 127 Å². The zero-order valence-corrected chi connectivity index (χ0v) is 32.2. The number of benzene rings is 9. The summed E-state index contributed by atoms with van der Waals surface area (Å²) in [5.74, 6) is 0. The standard InChI is InChI=1S/C56H32N2O2/c57-33-43-32-52(44(34-58)31-51(43)35-12-2-1-3-13-35)42-29-40(36-14-8-16-38(26-36)45-20-10-22-49-47-18-4-6-24-53(47)59-55(45)49)28-41(30-42)37-15-9-17-39(27-37)46-21-11-23-50-48-19-5-7-25-54(48)60-56(46)50/h1-32H. The third-order valence-corrected chi connectivity index (χ3v) is 11.5. The van der Waals surface area contributed by atoms with Crippen LogP contribution in [0.4, 0.5) is 0 Å². The van der Waals surface area contributed by atoms with E-state index >= 15 is 0 Å². The Balaban J connectivity index is 1.10. The molecule has 278 valence electrons. The summed E-state index contributed by atoms with van der Waals surface area (Å²) < 4.78 is 12.9. The Hall–Kier alpha value is -8.44. The predicted molar refractivity (Wildman–Crippen MR) is 243 cm³/mol. The number of nitriles is 2. The lowest BCUT2D eigenvalue weighted by atomic mass is 9.87. The lowest BCUT2D eigenvalue weighted by Crippen LogP contribution is -1.93. The van der Waals surface area contributed by atoms with Crippen LogP contribution in [0.25, 0.3) is 111 Å². The minimum atomic E-state index is 0.492. The first-order chi connectivity index (χ1) is 29.6. The molecule has 0 radical (unpaired) electrons. The van der Waals surface area contributed by atoms with Crippen molar-refractivity contribution in [3.05, 3.63) is 205 Å². The van der Waals surface area contributed by atoms with E-state index in [0.717, 1.165) is 105 Å². The third kappa shape index (κ3) is 5.83. The summed E-state index contributed by atoms with van der Waals surface area (Å²) in [5, 5.41) is 25.4.